The van der Waals surface area contributed by atoms with Crippen LogP contribution in [-0.4, -0.2) is 63.1 Å². The SMILES string of the molecule is CON(C)C(=O)c1ccc(S(=O)(=O)N2C[C@H](C)O[C@@H](C)C2)cc1. The highest BCUT2D eigenvalue weighted by molar-refractivity contribution is 7.89. The van der Waals surface area contributed by atoms with Gasteiger partial charge in [0.25, 0.3) is 5.91 Å². The van der Waals surface area contributed by atoms with Crippen molar-refractivity contribution < 1.29 is 22.8 Å². The Morgan fingerprint density at radius 3 is 2.22 bits per heavy atom. The molecule has 0 spiro atoms. The third-order valence-corrected chi connectivity index (χ3v) is 5.53. The molecule has 128 valence electrons. The van der Waals surface area contributed by atoms with E-state index in [4.69, 9.17) is 9.57 Å². The smallest absolute Gasteiger partial charge is 0.277 e. The number of sulfonamides is 1. The molecule has 1 amide bonds. The molecule has 0 aliphatic carbocycles. The number of hydrogen-bond acceptors (Lipinski definition) is 5. The van der Waals surface area contributed by atoms with Crippen molar-refractivity contribution in [1.29, 1.82) is 0 Å². The van der Waals surface area contributed by atoms with Crippen molar-refractivity contribution in [3.63, 3.8) is 0 Å². The lowest BCUT2D eigenvalue weighted by Gasteiger charge is -2.34. The van der Waals surface area contributed by atoms with E-state index < -0.39 is 10.0 Å². The Labute approximate surface area is 136 Å². The third kappa shape index (κ3) is 3.89. The monoisotopic (exact) mass is 342 g/mol. The Kier molecular flexibility index (Phi) is 5.41. The molecule has 2 atom stereocenters. The fourth-order valence-corrected chi connectivity index (χ4v) is 4.10. The molecule has 1 aliphatic rings. The molecule has 1 aromatic rings. The molecule has 7 nitrogen and oxygen atoms in total. The molecule has 0 unspecified atom stereocenters. The number of amides is 1. The van der Waals surface area contributed by atoms with Gasteiger partial charge in [-0.2, -0.15) is 4.31 Å². The summed E-state index contributed by atoms with van der Waals surface area (Å²) in [5.74, 6) is -0.343. The number of morpholine rings is 1. The average Bonchev–Trinajstić information content (AvgIpc) is 2.52. The van der Waals surface area contributed by atoms with Crippen LogP contribution in [0.1, 0.15) is 24.2 Å². The Bertz CT molecular complexity index is 649. The van der Waals surface area contributed by atoms with Gasteiger partial charge >= 0.3 is 0 Å². The maximum Gasteiger partial charge on any atom is 0.277 e. The van der Waals surface area contributed by atoms with Gasteiger partial charge in [0.05, 0.1) is 24.2 Å². The predicted octanol–water partition coefficient (Wildman–Crippen LogP) is 1.12. The van der Waals surface area contributed by atoms with Gasteiger partial charge < -0.3 is 4.74 Å². The van der Waals surface area contributed by atoms with Crippen LogP contribution in [0.15, 0.2) is 29.2 Å². The van der Waals surface area contributed by atoms with E-state index in [0.717, 1.165) is 5.06 Å². The second-order valence-corrected chi connectivity index (χ2v) is 7.53. The fraction of sp³-hybridized carbons (Fsp3) is 0.533. The highest BCUT2D eigenvalue weighted by atomic mass is 32.2. The van der Waals surface area contributed by atoms with Crippen molar-refractivity contribution >= 4 is 15.9 Å². The lowest BCUT2D eigenvalue weighted by molar-refractivity contribution is -0.0757. The van der Waals surface area contributed by atoms with E-state index in [1.165, 1.54) is 42.7 Å². The quantitative estimate of drug-likeness (QED) is 0.767. The zero-order chi connectivity index (χ0) is 17.2. The minimum Gasteiger partial charge on any atom is -0.373 e. The minimum absolute atomic E-state index is 0.148. The van der Waals surface area contributed by atoms with Crippen molar-refractivity contribution in [2.45, 2.75) is 31.0 Å². The number of ether oxygens (including phenoxy) is 1. The van der Waals surface area contributed by atoms with Crippen LogP contribution in [0.2, 0.25) is 0 Å². The molecule has 1 aromatic carbocycles. The first-order valence-corrected chi connectivity index (χ1v) is 8.77. The molecule has 23 heavy (non-hydrogen) atoms. The van der Waals surface area contributed by atoms with Gasteiger partial charge in [0.15, 0.2) is 0 Å². The van der Waals surface area contributed by atoms with E-state index in [1.807, 2.05) is 13.8 Å². The number of carbonyl (C=O) groups excluding carboxylic acids is 1. The van der Waals surface area contributed by atoms with Crippen LogP contribution in [0.4, 0.5) is 0 Å². The zero-order valence-corrected chi connectivity index (χ0v) is 14.5. The molecule has 0 radical (unpaired) electrons. The summed E-state index contributed by atoms with van der Waals surface area (Å²) in [7, 11) is -0.723. The Morgan fingerprint density at radius 2 is 1.74 bits per heavy atom. The second-order valence-electron chi connectivity index (χ2n) is 5.59. The molecule has 2 rings (SSSR count). The van der Waals surface area contributed by atoms with Crippen molar-refractivity contribution in [3.8, 4) is 0 Å². The van der Waals surface area contributed by atoms with Gasteiger partial charge in [-0.05, 0) is 38.1 Å². The van der Waals surface area contributed by atoms with Gasteiger partial charge in [-0.25, -0.2) is 13.5 Å². The molecule has 1 heterocycles. The summed E-state index contributed by atoms with van der Waals surface area (Å²) in [4.78, 5) is 16.9. The summed E-state index contributed by atoms with van der Waals surface area (Å²) < 4.78 is 32.4. The van der Waals surface area contributed by atoms with Gasteiger partial charge in [0.2, 0.25) is 10.0 Å². The first kappa shape index (κ1) is 17.9. The zero-order valence-electron chi connectivity index (χ0n) is 13.7. The van der Waals surface area contributed by atoms with E-state index >= 15 is 0 Å². The van der Waals surface area contributed by atoms with Gasteiger partial charge in [-0.1, -0.05) is 0 Å². The van der Waals surface area contributed by atoms with E-state index in [-0.39, 0.29) is 23.0 Å². The van der Waals surface area contributed by atoms with Crippen LogP contribution in [-0.2, 0) is 19.6 Å². The van der Waals surface area contributed by atoms with Gasteiger partial charge in [-0.3, -0.25) is 9.63 Å². The molecular weight excluding hydrogens is 320 g/mol. The Morgan fingerprint density at radius 1 is 1.22 bits per heavy atom. The summed E-state index contributed by atoms with van der Waals surface area (Å²) >= 11 is 0. The van der Waals surface area contributed by atoms with E-state index in [0.29, 0.717) is 18.7 Å². The first-order chi connectivity index (χ1) is 10.8. The average molecular weight is 342 g/mol. The summed E-state index contributed by atoms with van der Waals surface area (Å²) in [5.41, 5.74) is 0.358. The standard InChI is InChI=1S/C15H22N2O5S/c1-11-9-17(10-12(2)22-11)23(19,20)14-7-5-13(6-8-14)15(18)16(3)21-4/h5-8,11-12H,9-10H2,1-4H3/t11-,12-/m0/s1. The molecule has 1 saturated heterocycles. The topological polar surface area (TPSA) is 76.2 Å². The maximum atomic E-state index is 12.7. The molecular formula is C15H22N2O5S. The molecule has 0 N–H and O–H groups in total. The van der Waals surface area contributed by atoms with Crippen LogP contribution >= 0.6 is 0 Å². The number of carbonyl (C=O) groups is 1. The number of rotatable bonds is 4. The summed E-state index contributed by atoms with van der Waals surface area (Å²) in [5, 5.41) is 1.08. The van der Waals surface area contributed by atoms with Crippen LogP contribution < -0.4 is 0 Å². The highest BCUT2D eigenvalue weighted by Gasteiger charge is 2.32. The molecule has 0 bridgehead atoms. The van der Waals surface area contributed by atoms with Gasteiger partial charge in [-0.15, -0.1) is 0 Å². The van der Waals surface area contributed by atoms with Crippen molar-refractivity contribution in [2.24, 2.45) is 0 Å². The van der Waals surface area contributed by atoms with Crippen LogP contribution in [0.5, 0.6) is 0 Å². The summed E-state index contributed by atoms with van der Waals surface area (Å²) in [6, 6.07) is 5.85. The third-order valence-electron chi connectivity index (χ3n) is 3.69. The van der Waals surface area contributed by atoms with Crippen LogP contribution in [0, 0.1) is 0 Å². The van der Waals surface area contributed by atoms with Gasteiger partial charge in [0.1, 0.15) is 0 Å². The van der Waals surface area contributed by atoms with E-state index in [2.05, 4.69) is 0 Å². The number of benzene rings is 1. The normalized spacial score (nSPS) is 22.8. The second kappa shape index (κ2) is 6.96. The summed E-state index contributed by atoms with van der Waals surface area (Å²) in [6.07, 6.45) is -0.297. The highest BCUT2D eigenvalue weighted by Crippen LogP contribution is 2.21. The molecule has 8 heteroatoms. The predicted molar refractivity (Wildman–Crippen MR) is 84.3 cm³/mol. The van der Waals surface area contributed by atoms with Crippen molar-refractivity contribution in [3.05, 3.63) is 29.8 Å². The number of hydroxylamine groups is 2. The Balaban J connectivity index is 2.22. The van der Waals surface area contributed by atoms with Crippen molar-refractivity contribution in [1.82, 2.24) is 9.37 Å². The minimum atomic E-state index is -3.60. The molecule has 0 saturated carbocycles. The van der Waals surface area contributed by atoms with Gasteiger partial charge in [0, 0.05) is 25.7 Å². The van der Waals surface area contributed by atoms with Crippen molar-refractivity contribution in [2.75, 3.05) is 27.2 Å². The van der Waals surface area contributed by atoms with E-state index in [9.17, 15) is 13.2 Å². The maximum absolute atomic E-state index is 12.7. The molecule has 1 fully saturated rings. The Hall–Kier alpha value is -1.48. The lowest BCUT2D eigenvalue weighted by Crippen LogP contribution is -2.48. The van der Waals surface area contributed by atoms with Crippen LogP contribution in [0.25, 0.3) is 0 Å². The number of hydrogen-bond donors (Lipinski definition) is 0. The first-order valence-electron chi connectivity index (χ1n) is 7.33. The lowest BCUT2D eigenvalue weighted by atomic mass is 10.2. The number of nitrogens with zero attached hydrogens (tertiary/aromatic N) is 2. The van der Waals surface area contributed by atoms with E-state index in [1.54, 1.807) is 0 Å². The summed E-state index contributed by atoms with van der Waals surface area (Å²) in [6.45, 7) is 4.33. The van der Waals surface area contributed by atoms with Crippen LogP contribution in [0.3, 0.4) is 0 Å². The molecule has 0 aromatic heterocycles. The largest absolute Gasteiger partial charge is 0.373 e. The fourth-order valence-electron chi connectivity index (χ4n) is 2.51. The molecule has 1 aliphatic heterocycles.